The highest BCUT2D eigenvalue weighted by atomic mass is 32.2. The van der Waals surface area contributed by atoms with Gasteiger partial charge in [-0.3, -0.25) is 9.52 Å². The van der Waals surface area contributed by atoms with E-state index in [-0.39, 0.29) is 16.5 Å². The van der Waals surface area contributed by atoms with Crippen molar-refractivity contribution in [2.75, 3.05) is 10.0 Å². The van der Waals surface area contributed by atoms with Crippen LogP contribution in [0.5, 0.6) is 5.75 Å². The quantitative estimate of drug-likeness (QED) is 0.346. The van der Waals surface area contributed by atoms with E-state index in [0.29, 0.717) is 17.9 Å². The van der Waals surface area contributed by atoms with Crippen molar-refractivity contribution in [3.8, 4) is 5.75 Å². The van der Waals surface area contributed by atoms with E-state index in [4.69, 9.17) is 4.74 Å². The van der Waals surface area contributed by atoms with Crippen LogP contribution in [-0.4, -0.2) is 20.4 Å². The zero-order valence-electron chi connectivity index (χ0n) is 18.4. The van der Waals surface area contributed by atoms with Crippen molar-refractivity contribution in [2.24, 2.45) is 0 Å². The van der Waals surface area contributed by atoms with Crippen molar-refractivity contribution >= 4 is 38.1 Å². The zero-order chi connectivity index (χ0) is 24.1. The number of benzene rings is 4. The summed E-state index contributed by atoms with van der Waals surface area (Å²) in [6.07, 6.45) is -0.267. The molecule has 0 aromatic heterocycles. The Morgan fingerprint density at radius 3 is 2.21 bits per heavy atom. The van der Waals surface area contributed by atoms with Crippen LogP contribution in [0.2, 0.25) is 0 Å². The van der Waals surface area contributed by atoms with E-state index < -0.39 is 21.9 Å². The molecule has 1 amide bonds. The molecule has 6 nitrogen and oxygen atoms in total. The standard InChI is InChI=1S/C26H23FN2O4S/c1-2-25(33-23-14-7-18-5-3-4-6-19(18)17-23)26(30)28-21-12-15-24(16-13-21)34(31,32)29-22-10-8-20(27)9-11-22/h3-17,25,29H,2H2,1H3,(H,28,30). The number of anilines is 2. The van der Waals surface area contributed by atoms with Gasteiger partial charge in [0.15, 0.2) is 6.10 Å². The van der Waals surface area contributed by atoms with Gasteiger partial charge in [0, 0.05) is 11.4 Å². The number of carbonyl (C=O) groups is 1. The number of ether oxygens (including phenoxy) is 1. The highest BCUT2D eigenvalue weighted by molar-refractivity contribution is 7.92. The molecule has 0 aliphatic carbocycles. The van der Waals surface area contributed by atoms with Crippen molar-refractivity contribution in [2.45, 2.75) is 24.3 Å². The van der Waals surface area contributed by atoms with Gasteiger partial charge < -0.3 is 10.1 Å². The predicted molar refractivity (Wildman–Crippen MR) is 131 cm³/mol. The summed E-state index contributed by atoms with van der Waals surface area (Å²) < 4.78 is 46.5. The molecule has 4 aromatic carbocycles. The number of nitrogens with one attached hydrogen (secondary N) is 2. The molecule has 34 heavy (non-hydrogen) atoms. The van der Waals surface area contributed by atoms with Gasteiger partial charge in [-0.1, -0.05) is 37.3 Å². The Morgan fingerprint density at radius 1 is 0.882 bits per heavy atom. The normalized spacial score (nSPS) is 12.2. The van der Waals surface area contributed by atoms with Crippen LogP contribution >= 0.6 is 0 Å². The molecule has 0 saturated carbocycles. The first kappa shape index (κ1) is 23.3. The molecule has 0 fully saturated rings. The number of hydrogen-bond donors (Lipinski definition) is 2. The molecular formula is C26H23FN2O4S. The number of amides is 1. The van der Waals surface area contributed by atoms with Crippen LogP contribution in [-0.2, 0) is 14.8 Å². The topological polar surface area (TPSA) is 84.5 Å². The molecule has 0 aliphatic rings. The molecule has 1 unspecified atom stereocenters. The molecule has 0 aliphatic heterocycles. The molecule has 4 aromatic rings. The summed E-state index contributed by atoms with van der Waals surface area (Å²) in [4.78, 5) is 12.8. The van der Waals surface area contributed by atoms with Crippen LogP contribution in [0, 0.1) is 5.82 Å². The SMILES string of the molecule is CCC(Oc1ccc2ccccc2c1)C(=O)Nc1ccc(S(=O)(=O)Nc2ccc(F)cc2)cc1. The molecule has 8 heteroatoms. The number of sulfonamides is 1. The summed E-state index contributed by atoms with van der Waals surface area (Å²) in [5.74, 6) is -0.206. The van der Waals surface area contributed by atoms with Crippen LogP contribution in [0.25, 0.3) is 10.8 Å². The van der Waals surface area contributed by atoms with Gasteiger partial charge in [-0.25, -0.2) is 12.8 Å². The van der Waals surface area contributed by atoms with E-state index >= 15 is 0 Å². The molecule has 0 bridgehead atoms. The van der Waals surface area contributed by atoms with Crippen molar-refractivity contribution in [3.63, 3.8) is 0 Å². The fourth-order valence-electron chi connectivity index (χ4n) is 3.40. The van der Waals surface area contributed by atoms with E-state index in [0.717, 1.165) is 10.8 Å². The van der Waals surface area contributed by atoms with Crippen LogP contribution in [0.1, 0.15) is 13.3 Å². The summed E-state index contributed by atoms with van der Waals surface area (Å²) in [5, 5.41) is 4.86. The first-order valence-electron chi connectivity index (χ1n) is 10.7. The number of halogens is 1. The second kappa shape index (κ2) is 9.93. The van der Waals surface area contributed by atoms with Gasteiger partial charge in [0.05, 0.1) is 4.90 Å². The molecule has 1 atom stereocenters. The summed E-state index contributed by atoms with van der Waals surface area (Å²) in [6, 6.07) is 24.3. The van der Waals surface area contributed by atoms with Gasteiger partial charge in [0.25, 0.3) is 15.9 Å². The maximum absolute atomic E-state index is 13.0. The second-order valence-corrected chi connectivity index (χ2v) is 9.33. The average Bonchev–Trinajstić information content (AvgIpc) is 2.84. The lowest BCUT2D eigenvalue weighted by molar-refractivity contribution is -0.122. The van der Waals surface area contributed by atoms with Gasteiger partial charge in [-0.2, -0.15) is 0 Å². The summed E-state index contributed by atoms with van der Waals surface area (Å²) in [7, 11) is -3.86. The molecule has 4 rings (SSSR count). The van der Waals surface area contributed by atoms with E-state index in [9.17, 15) is 17.6 Å². The van der Waals surface area contributed by atoms with Gasteiger partial charge in [-0.05, 0) is 77.9 Å². The molecule has 2 N–H and O–H groups in total. The van der Waals surface area contributed by atoms with Crippen molar-refractivity contribution in [1.82, 2.24) is 0 Å². The average molecular weight is 479 g/mol. The first-order chi connectivity index (χ1) is 16.3. The van der Waals surface area contributed by atoms with Crippen LogP contribution in [0.15, 0.2) is 95.9 Å². The number of hydrogen-bond acceptors (Lipinski definition) is 4. The van der Waals surface area contributed by atoms with Crippen LogP contribution in [0.4, 0.5) is 15.8 Å². The van der Waals surface area contributed by atoms with Crippen molar-refractivity contribution in [1.29, 1.82) is 0 Å². The largest absolute Gasteiger partial charge is 0.481 e. The highest BCUT2D eigenvalue weighted by Crippen LogP contribution is 2.23. The smallest absolute Gasteiger partial charge is 0.265 e. The van der Waals surface area contributed by atoms with Gasteiger partial charge in [0.2, 0.25) is 0 Å². The van der Waals surface area contributed by atoms with Crippen LogP contribution < -0.4 is 14.8 Å². The minimum absolute atomic E-state index is 0.00859. The van der Waals surface area contributed by atoms with E-state index in [2.05, 4.69) is 10.0 Å². The third-order valence-electron chi connectivity index (χ3n) is 5.19. The van der Waals surface area contributed by atoms with E-state index in [1.807, 2.05) is 49.4 Å². The Hall–Kier alpha value is -3.91. The molecule has 0 radical (unpaired) electrons. The Kier molecular flexibility index (Phi) is 6.79. The van der Waals surface area contributed by atoms with Crippen molar-refractivity contribution < 1.29 is 22.3 Å². The molecule has 0 saturated heterocycles. The Labute approximate surface area is 197 Å². The Balaban J connectivity index is 1.41. The summed E-state index contributed by atoms with van der Waals surface area (Å²) in [6.45, 7) is 1.85. The molecule has 0 spiro atoms. The van der Waals surface area contributed by atoms with E-state index in [1.165, 1.54) is 48.5 Å². The lowest BCUT2D eigenvalue weighted by Gasteiger charge is -2.18. The van der Waals surface area contributed by atoms with Gasteiger partial charge >= 0.3 is 0 Å². The molecule has 0 heterocycles. The number of fused-ring (bicyclic) bond motifs is 1. The minimum Gasteiger partial charge on any atom is -0.481 e. The fraction of sp³-hybridized carbons (Fsp3) is 0.115. The highest BCUT2D eigenvalue weighted by Gasteiger charge is 2.20. The second-order valence-electron chi connectivity index (χ2n) is 7.65. The third-order valence-corrected chi connectivity index (χ3v) is 6.59. The van der Waals surface area contributed by atoms with Gasteiger partial charge in [-0.15, -0.1) is 0 Å². The van der Waals surface area contributed by atoms with Gasteiger partial charge in [0.1, 0.15) is 11.6 Å². The lowest BCUT2D eigenvalue weighted by Crippen LogP contribution is -2.32. The maximum Gasteiger partial charge on any atom is 0.265 e. The predicted octanol–water partition coefficient (Wildman–Crippen LogP) is 5.58. The minimum atomic E-state index is -3.86. The third kappa shape index (κ3) is 5.52. The number of rotatable bonds is 8. The summed E-state index contributed by atoms with van der Waals surface area (Å²) >= 11 is 0. The summed E-state index contributed by atoms with van der Waals surface area (Å²) in [5.41, 5.74) is 0.682. The Morgan fingerprint density at radius 2 is 1.53 bits per heavy atom. The zero-order valence-corrected chi connectivity index (χ0v) is 19.2. The fourth-order valence-corrected chi connectivity index (χ4v) is 4.46. The molecule has 174 valence electrons. The van der Waals surface area contributed by atoms with Crippen LogP contribution in [0.3, 0.4) is 0 Å². The number of carbonyl (C=O) groups excluding carboxylic acids is 1. The first-order valence-corrected chi connectivity index (χ1v) is 12.2. The lowest BCUT2D eigenvalue weighted by atomic mass is 10.1. The maximum atomic E-state index is 13.0. The Bertz CT molecular complexity index is 1410. The monoisotopic (exact) mass is 478 g/mol. The van der Waals surface area contributed by atoms with Crippen molar-refractivity contribution in [3.05, 3.63) is 96.8 Å². The molecular weight excluding hydrogens is 455 g/mol. The van der Waals surface area contributed by atoms with E-state index in [1.54, 1.807) is 0 Å².